The highest BCUT2D eigenvalue weighted by Gasteiger charge is 2.31. The van der Waals surface area contributed by atoms with Gasteiger partial charge in [-0.1, -0.05) is 6.07 Å². The lowest BCUT2D eigenvalue weighted by Gasteiger charge is -2.25. The lowest BCUT2D eigenvalue weighted by molar-refractivity contribution is -0.137. The van der Waals surface area contributed by atoms with Gasteiger partial charge in [-0.25, -0.2) is 18.2 Å². The molecule has 1 fully saturated rings. The summed E-state index contributed by atoms with van der Waals surface area (Å²) in [7, 11) is -3.69. The number of alkyl halides is 3. The summed E-state index contributed by atoms with van der Waals surface area (Å²) in [6.45, 7) is 2.58. The first-order valence-corrected chi connectivity index (χ1v) is 10.9. The number of pyridine rings is 1. The number of anilines is 2. The fourth-order valence-electron chi connectivity index (χ4n) is 2.79. The Labute approximate surface area is 176 Å². The number of amides is 2. The number of sulfone groups is 1. The van der Waals surface area contributed by atoms with Crippen LogP contribution in [0.5, 0.6) is 5.88 Å². The number of hydrogen-bond acceptors (Lipinski definition) is 6. The molecule has 1 aliphatic rings. The average molecular weight is 459 g/mol. The molecule has 168 valence electrons. The molecule has 2 N–H and O–H groups in total. The van der Waals surface area contributed by atoms with E-state index < -0.39 is 27.6 Å². The first kappa shape index (κ1) is 22.8. The predicted octanol–water partition coefficient (Wildman–Crippen LogP) is 3.56. The topological polar surface area (TPSA) is 107 Å². The molecule has 0 bridgehead atoms. The molecule has 2 heterocycles. The van der Waals surface area contributed by atoms with Gasteiger partial charge < -0.3 is 20.1 Å². The van der Waals surface area contributed by atoms with E-state index in [1.807, 2.05) is 0 Å². The van der Waals surface area contributed by atoms with Crippen LogP contribution in [0.3, 0.4) is 0 Å². The van der Waals surface area contributed by atoms with E-state index in [0.717, 1.165) is 24.4 Å². The quantitative estimate of drug-likeness (QED) is 0.656. The van der Waals surface area contributed by atoms with Gasteiger partial charge in [0.2, 0.25) is 5.88 Å². The average Bonchev–Trinajstić information content (AvgIpc) is 2.66. The van der Waals surface area contributed by atoms with Crippen molar-refractivity contribution in [3.05, 3.63) is 42.1 Å². The van der Waals surface area contributed by atoms with Gasteiger partial charge in [-0.05, 0) is 31.2 Å². The van der Waals surface area contributed by atoms with Crippen molar-refractivity contribution in [3.8, 4) is 5.88 Å². The highest BCUT2D eigenvalue weighted by atomic mass is 32.2. The van der Waals surface area contributed by atoms with Gasteiger partial charge in [-0.2, -0.15) is 13.2 Å². The van der Waals surface area contributed by atoms with Crippen molar-refractivity contribution in [1.82, 2.24) is 4.98 Å². The van der Waals surface area contributed by atoms with Crippen molar-refractivity contribution in [2.24, 2.45) is 5.92 Å². The van der Waals surface area contributed by atoms with Crippen LogP contribution in [-0.4, -0.2) is 45.0 Å². The van der Waals surface area contributed by atoms with E-state index in [2.05, 4.69) is 15.6 Å². The van der Waals surface area contributed by atoms with Gasteiger partial charge in [-0.15, -0.1) is 0 Å². The van der Waals surface area contributed by atoms with Crippen molar-refractivity contribution in [2.45, 2.75) is 18.0 Å². The van der Waals surface area contributed by atoms with Gasteiger partial charge in [-0.3, -0.25) is 0 Å². The molecule has 1 aromatic carbocycles. The number of halogens is 3. The second-order valence-corrected chi connectivity index (χ2v) is 8.83. The predicted molar refractivity (Wildman–Crippen MR) is 106 cm³/mol. The molecule has 3 rings (SSSR count). The number of ether oxygens (including phenoxy) is 2. The summed E-state index contributed by atoms with van der Waals surface area (Å²) in [5, 5.41) is 4.67. The highest BCUT2D eigenvalue weighted by Crippen LogP contribution is 2.31. The Morgan fingerprint density at radius 2 is 2.00 bits per heavy atom. The zero-order chi connectivity index (χ0) is 22.6. The summed E-state index contributed by atoms with van der Waals surface area (Å²) in [4.78, 5) is 16.2. The number of benzene rings is 1. The molecule has 1 aliphatic heterocycles. The summed E-state index contributed by atoms with van der Waals surface area (Å²) in [6, 6.07) is 4.42. The molecule has 31 heavy (non-hydrogen) atoms. The molecule has 0 spiro atoms. The van der Waals surface area contributed by atoms with E-state index in [1.54, 1.807) is 6.92 Å². The zero-order valence-corrected chi connectivity index (χ0v) is 17.2. The van der Waals surface area contributed by atoms with Crippen LogP contribution in [0, 0.1) is 5.92 Å². The number of aromatic nitrogens is 1. The van der Waals surface area contributed by atoms with Gasteiger partial charge >= 0.3 is 12.2 Å². The van der Waals surface area contributed by atoms with Crippen LogP contribution >= 0.6 is 0 Å². The van der Waals surface area contributed by atoms with Crippen LogP contribution < -0.4 is 15.4 Å². The van der Waals surface area contributed by atoms with Crippen molar-refractivity contribution < 1.29 is 35.9 Å². The van der Waals surface area contributed by atoms with E-state index in [1.165, 1.54) is 12.1 Å². The zero-order valence-electron chi connectivity index (χ0n) is 16.4. The lowest BCUT2D eigenvalue weighted by atomic mass is 10.1. The fourth-order valence-corrected chi connectivity index (χ4v) is 4.31. The van der Waals surface area contributed by atoms with Crippen LogP contribution in [0.4, 0.5) is 29.3 Å². The monoisotopic (exact) mass is 459 g/mol. The van der Waals surface area contributed by atoms with Gasteiger partial charge in [0, 0.05) is 17.8 Å². The summed E-state index contributed by atoms with van der Waals surface area (Å²) in [5.41, 5.74) is -1.04. The second kappa shape index (κ2) is 9.10. The van der Waals surface area contributed by atoms with Crippen molar-refractivity contribution in [2.75, 3.05) is 36.2 Å². The van der Waals surface area contributed by atoms with Gasteiger partial charge in [0.25, 0.3) is 0 Å². The minimum atomic E-state index is -4.56. The fraction of sp³-hybridized carbons (Fsp3) is 0.368. The largest absolute Gasteiger partial charge is 0.476 e. The Kier molecular flexibility index (Phi) is 6.70. The van der Waals surface area contributed by atoms with Crippen LogP contribution in [0.25, 0.3) is 0 Å². The van der Waals surface area contributed by atoms with E-state index in [4.69, 9.17) is 9.47 Å². The smallest absolute Gasteiger partial charge is 0.416 e. The molecular weight excluding hydrogens is 439 g/mol. The van der Waals surface area contributed by atoms with Gasteiger partial charge in [0.05, 0.1) is 36.0 Å². The van der Waals surface area contributed by atoms with Gasteiger partial charge in [0.15, 0.2) is 9.84 Å². The number of carbonyl (C=O) groups excluding carboxylic acids is 1. The number of urea groups is 1. The number of carbonyl (C=O) groups is 1. The van der Waals surface area contributed by atoms with Crippen molar-refractivity contribution >= 4 is 27.2 Å². The Balaban J connectivity index is 1.79. The standard InChI is InChI=1S/C19H20F3N3O5S/c1-2-30-17-16(7-15(8-23-17)31(27,28)11-12-9-29-10-12)25-18(26)24-14-5-3-4-13(6-14)19(20,21)22/h3-8,12H,2,9-11H2,1H3,(H2,24,25,26). The van der Waals surface area contributed by atoms with Crippen LogP contribution in [-0.2, 0) is 20.8 Å². The molecule has 2 aromatic rings. The lowest BCUT2D eigenvalue weighted by Crippen LogP contribution is -2.33. The number of nitrogens with zero attached hydrogens (tertiary/aromatic N) is 1. The maximum Gasteiger partial charge on any atom is 0.416 e. The molecule has 0 saturated carbocycles. The SMILES string of the molecule is CCOc1ncc(S(=O)(=O)CC2COC2)cc1NC(=O)Nc1cccc(C(F)(F)F)c1. The molecule has 1 aromatic heterocycles. The molecule has 0 radical (unpaired) electrons. The Bertz CT molecular complexity index is 1060. The summed E-state index contributed by atoms with van der Waals surface area (Å²) in [5.74, 6) is -0.261. The summed E-state index contributed by atoms with van der Waals surface area (Å²) in [6.07, 6.45) is -3.43. The van der Waals surface area contributed by atoms with E-state index in [-0.39, 0.29) is 40.4 Å². The van der Waals surface area contributed by atoms with Crippen LogP contribution in [0.2, 0.25) is 0 Å². The third-order valence-corrected chi connectivity index (χ3v) is 6.18. The summed E-state index contributed by atoms with van der Waals surface area (Å²) < 4.78 is 74.0. The van der Waals surface area contributed by atoms with E-state index in [0.29, 0.717) is 13.2 Å². The Morgan fingerprint density at radius 3 is 2.61 bits per heavy atom. The van der Waals surface area contributed by atoms with E-state index >= 15 is 0 Å². The van der Waals surface area contributed by atoms with Gasteiger partial charge in [0.1, 0.15) is 5.69 Å². The highest BCUT2D eigenvalue weighted by molar-refractivity contribution is 7.91. The normalized spacial score (nSPS) is 14.6. The van der Waals surface area contributed by atoms with Crippen LogP contribution in [0.1, 0.15) is 12.5 Å². The van der Waals surface area contributed by atoms with E-state index in [9.17, 15) is 26.4 Å². The molecule has 12 heteroatoms. The second-order valence-electron chi connectivity index (χ2n) is 6.80. The first-order valence-electron chi connectivity index (χ1n) is 9.27. The molecule has 2 amide bonds. The maximum absolute atomic E-state index is 12.8. The third kappa shape index (κ3) is 5.85. The molecular formula is C19H20F3N3O5S. The minimum absolute atomic E-state index is 0.0207. The summed E-state index contributed by atoms with van der Waals surface area (Å²) >= 11 is 0. The number of rotatable bonds is 7. The number of hydrogen-bond donors (Lipinski definition) is 2. The van der Waals surface area contributed by atoms with Crippen molar-refractivity contribution in [1.29, 1.82) is 0 Å². The first-order chi connectivity index (χ1) is 14.6. The molecule has 0 atom stereocenters. The molecule has 1 saturated heterocycles. The molecule has 0 aliphatic carbocycles. The molecule has 0 unspecified atom stereocenters. The van der Waals surface area contributed by atoms with Crippen LogP contribution in [0.15, 0.2) is 41.4 Å². The molecule has 8 nitrogen and oxygen atoms in total. The Hall–Kier alpha value is -2.86. The third-order valence-electron chi connectivity index (χ3n) is 4.32. The van der Waals surface area contributed by atoms with Crippen molar-refractivity contribution in [3.63, 3.8) is 0 Å². The Morgan fingerprint density at radius 1 is 1.26 bits per heavy atom. The minimum Gasteiger partial charge on any atom is -0.476 e. The maximum atomic E-state index is 12.8. The number of nitrogens with one attached hydrogen (secondary N) is 2.